The Morgan fingerprint density at radius 2 is 2.25 bits per heavy atom. The Hall–Kier alpha value is -0.860. The molecule has 0 heterocycles. The van der Waals surface area contributed by atoms with Gasteiger partial charge in [-0.3, -0.25) is 0 Å². The first-order valence-corrected chi connectivity index (χ1v) is 6.30. The van der Waals surface area contributed by atoms with Gasteiger partial charge in [-0.15, -0.1) is 0 Å². The fourth-order valence-corrected chi connectivity index (χ4v) is 2.51. The van der Waals surface area contributed by atoms with Crippen molar-refractivity contribution in [3.63, 3.8) is 0 Å². The Balaban J connectivity index is 2.12. The zero-order valence-corrected chi connectivity index (χ0v) is 9.95. The lowest BCUT2D eigenvalue weighted by Crippen LogP contribution is -2.36. The van der Waals surface area contributed by atoms with E-state index in [0.29, 0.717) is 6.04 Å². The molecule has 2 rings (SSSR count). The topological polar surface area (TPSA) is 32.3 Å². The van der Waals surface area contributed by atoms with Gasteiger partial charge in [-0.05, 0) is 36.8 Å². The lowest BCUT2D eigenvalue weighted by molar-refractivity contribution is 0.223. The van der Waals surface area contributed by atoms with Crippen molar-refractivity contribution in [1.29, 1.82) is 0 Å². The number of hydrogen-bond donors (Lipinski definition) is 2. The first-order valence-electron chi connectivity index (χ1n) is 6.30. The molecule has 1 aromatic carbocycles. The molecule has 0 saturated carbocycles. The van der Waals surface area contributed by atoms with E-state index < -0.39 is 0 Å². The van der Waals surface area contributed by atoms with Crippen LogP contribution in [0.5, 0.6) is 0 Å². The van der Waals surface area contributed by atoms with Crippen LogP contribution < -0.4 is 5.32 Å². The standard InChI is InChI=1S/C14H21NO/c1-2-12(10-16)15-14-9-5-7-11-6-3-4-8-13(11)14/h3-4,6,8,12,14-16H,2,5,7,9-10H2,1H3/t12-,14?/m1/s1. The van der Waals surface area contributed by atoms with E-state index in [-0.39, 0.29) is 12.6 Å². The molecule has 1 aliphatic carbocycles. The molecular weight excluding hydrogens is 198 g/mol. The van der Waals surface area contributed by atoms with Crippen molar-refractivity contribution >= 4 is 0 Å². The molecule has 1 unspecified atom stereocenters. The third-order valence-corrected chi connectivity index (χ3v) is 3.52. The van der Waals surface area contributed by atoms with Crippen LogP contribution in [-0.2, 0) is 6.42 Å². The molecule has 1 aromatic rings. The van der Waals surface area contributed by atoms with E-state index in [4.69, 9.17) is 0 Å². The largest absolute Gasteiger partial charge is 0.395 e. The number of aryl methyl sites for hydroxylation is 1. The molecule has 1 aliphatic rings. The summed E-state index contributed by atoms with van der Waals surface area (Å²) in [7, 11) is 0. The van der Waals surface area contributed by atoms with E-state index in [0.717, 1.165) is 6.42 Å². The molecule has 2 atom stereocenters. The smallest absolute Gasteiger partial charge is 0.0584 e. The molecule has 16 heavy (non-hydrogen) atoms. The molecule has 0 bridgehead atoms. The Morgan fingerprint density at radius 3 is 3.00 bits per heavy atom. The van der Waals surface area contributed by atoms with Crippen molar-refractivity contribution in [1.82, 2.24) is 5.32 Å². The van der Waals surface area contributed by atoms with Gasteiger partial charge in [-0.1, -0.05) is 31.2 Å². The Kier molecular flexibility index (Phi) is 3.97. The van der Waals surface area contributed by atoms with Crippen LogP contribution in [0.4, 0.5) is 0 Å². The minimum absolute atomic E-state index is 0.231. The number of hydrogen-bond acceptors (Lipinski definition) is 2. The maximum atomic E-state index is 9.24. The Labute approximate surface area is 97.7 Å². The molecule has 0 radical (unpaired) electrons. The summed E-state index contributed by atoms with van der Waals surface area (Å²) in [6, 6.07) is 9.33. The quantitative estimate of drug-likeness (QED) is 0.815. The molecule has 0 fully saturated rings. The zero-order chi connectivity index (χ0) is 11.4. The third-order valence-electron chi connectivity index (χ3n) is 3.52. The molecule has 0 amide bonds. The van der Waals surface area contributed by atoms with Crippen LogP contribution in [0.25, 0.3) is 0 Å². The summed E-state index contributed by atoms with van der Waals surface area (Å²) in [6.07, 6.45) is 4.61. The van der Waals surface area contributed by atoms with E-state index in [1.807, 2.05) is 0 Å². The first kappa shape index (κ1) is 11.6. The molecule has 0 aliphatic heterocycles. The second-order valence-electron chi connectivity index (χ2n) is 4.60. The predicted octanol–water partition coefficient (Wildman–Crippen LogP) is 2.42. The number of fused-ring (bicyclic) bond motifs is 1. The van der Waals surface area contributed by atoms with Crippen molar-refractivity contribution in [2.75, 3.05) is 6.61 Å². The highest BCUT2D eigenvalue weighted by Gasteiger charge is 2.21. The summed E-state index contributed by atoms with van der Waals surface area (Å²) in [6.45, 7) is 2.35. The maximum absolute atomic E-state index is 9.24. The molecule has 0 aromatic heterocycles. The Morgan fingerprint density at radius 1 is 1.44 bits per heavy atom. The number of aliphatic hydroxyl groups excluding tert-OH is 1. The van der Waals surface area contributed by atoms with Gasteiger partial charge in [-0.25, -0.2) is 0 Å². The van der Waals surface area contributed by atoms with Gasteiger partial charge < -0.3 is 10.4 Å². The van der Waals surface area contributed by atoms with Crippen LogP contribution in [-0.4, -0.2) is 17.8 Å². The molecule has 0 saturated heterocycles. The summed E-state index contributed by atoms with van der Waals surface area (Å²) in [5.41, 5.74) is 2.90. The molecule has 0 spiro atoms. The average Bonchev–Trinajstić information content (AvgIpc) is 2.36. The van der Waals surface area contributed by atoms with Crippen LogP contribution in [0.1, 0.15) is 43.4 Å². The van der Waals surface area contributed by atoms with Crippen molar-refractivity contribution in [3.8, 4) is 0 Å². The minimum Gasteiger partial charge on any atom is -0.395 e. The molecule has 2 heteroatoms. The molecule has 2 nitrogen and oxygen atoms in total. The summed E-state index contributed by atoms with van der Waals surface area (Å²) >= 11 is 0. The van der Waals surface area contributed by atoms with E-state index in [1.165, 1.54) is 30.4 Å². The van der Waals surface area contributed by atoms with Gasteiger partial charge >= 0.3 is 0 Å². The van der Waals surface area contributed by atoms with Crippen molar-refractivity contribution in [2.45, 2.75) is 44.7 Å². The first-order chi connectivity index (χ1) is 7.85. The lowest BCUT2D eigenvalue weighted by Gasteiger charge is -2.29. The van der Waals surface area contributed by atoms with Gasteiger partial charge in [0.2, 0.25) is 0 Å². The van der Waals surface area contributed by atoms with E-state index >= 15 is 0 Å². The summed E-state index contributed by atoms with van der Waals surface area (Å²) in [5.74, 6) is 0. The predicted molar refractivity (Wildman–Crippen MR) is 66.4 cm³/mol. The van der Waals surface area contributed by atoms with Gasteiger partial charge in [-0.2, -0.15) is 0 Å². The van der Waals surface area contributed by atoms with Gasteiger partial charge in [0.1, 0.15) is 0 Å². The summed E-state index contributed by atoms with van der Waals surface area (Å²) in [5, 5.41) is 12.8. The van der Waals surface area contributed by atoms with Gasteiger partial charge in [0, 0.05) is 12.1 Å². The highest BCUT2D eigenvalue weighted by Crippen LogP contribution is 2.29. The number of aliphatic hydroxyl groups is 1. The Bertz CT molecular complexity index is 333. The van der Waals surface area contributed by atoms with Crippen LogP contribution in [0, 0.1) is 0 Å². The van der Waals surface area contributed by atoms with Gasteiger partial charge in [0.25, 0.3) is 0 Å². The number of rotatable bonds is 4. The van der Waals surface area contributed by atoms with Crippen LogP contribution >= 0.6 is 0 Å². The lowest BCUT2D eigenvalue weighted by atomic mass is 9.87. The second-order valence-corrected chi connectivity index (χ2v) is 4.60. The van der Waals surface area contributed by atoms with Gasteiger partial charge in [0.15, 0.2) is 0 Å². The highest BCUT2D eigenvalue weighted by molar-refractivity contribution is 5.32. The van der Waals surface area contributed by atoms with Crippen molar-refractivity contribution in [3.05, 3.63) is 35.4 Å². The van der Waals surface area contributed by atoms with E-state index in [2.05, 4.69) is 36.5 Å². The fraction of sp³-hybridized carbons (Fsp3) is 0.571. The van der Waals surface area contributed by atoms with Gasteiger partial charge in [0.05, 0.1) is 6.61 Å². The van der Waals surface area contributed by atoms with Crippen LogP contribution in [0.3, 0.4) is 0 Å². The van der Waals surface area contributed by atoms with Crippen LogP contribution in [0.2, 0.25) is 0 Å². The molecular formula is C14H21NO. The number of nitrogens with one attached hydrogen (secondary N) is 1. The average molecular weight is 219 g/mol. The van der Waals surface area contributed by atoms with E-state index in [9.17, 15) is 5.11 Å². The monoisotopic (exact) mass is 219 g/mol. The third kappa shape index (κ3) is 2.45. The summed E-state index contributed by atoms with van der Waals surface area (Å²) < 4.78 is 0. The van der Waals surface area contributed by atoms with Crippen LogP contribution in [0.15, 0.2) is 24.3 Å². The second kappa shape index (κ2) is 5.46. The van der Waals surface area contributed by atoms with Crippen molar-refractivity contribution < 1.29 is 5.11 Å². The fourth-order valence-electron chi connectivity index (χ4n) is 2.51. The molecule has 2 N–H and O–H groups in total. The normalized spacial score (nSPS) is 21.5. The van der Waals surface area contributed by atoms with E-state index in [1.54, 1.807) is 0 Å². The minimum atomic E-state index is 0.231. The SMILES string of the molecule is CC[C@H](CO)NC1CCCc2ccccc21. The zero-order valence-electron chi connectivity index (χ0n) is 9.95. The summed E-state index contributed by atoms with van der Waals surface area (Å²) in [4.78, 5) is 0. The van der Waals surface area contributed by atoms with Crippen molar-refractivity contribution in [2.24, 2.45) is 0 Å². The number of benzene rings is 1. The molecule has 88 valence electrons. The maximum Gasteiger partial charge on any atom is 0.0584 e. The highest BCUT2D eigenvalue weighted by atomic mass is 16.3.